The number of methoxy groups -OCH3 is 2. The van der Waals surface area contributed by atoms with Gasteiger partial charge in [-0.05, 0) is 36.8 Å². The second kappa shape index (κ2) is 7.00. The lowest BCUT2D eigenvalue weighted by atomic mass is 10.1. The van der Waals surface area contributed by atoms with Crippen molar-refractivity contribution >= 4 is 22.8 Å². The maximum absolute atomic E-state index is 5.39. The van der Waals surface area contributed by atoms with E-state index in [0.29, 0.717) is 0 Å². The molecule has 5 nitrogen and oxygen atoms in total. The second-order valence-corrected chi connectivity index (χ2v) is 5.31. The van der Waals surface area contributed by atoms with Crippen LogP contribution in [0.25, 0.3) is 10.9 Å². The standard InChI is InChI=1S/C19H19N3O2/c1-13-10-17(16-8-5-9-18(24-3)19(16)21-13)22-20-12-14-6-4-7-15(11-14)23-2/h4-12H,1-3H3,(H,21,22)/b20-12+. The van der Waals surface area contributed by atoms with Crippen LogP contribution in [0.4, 0.5) is 5.69 Å². The van der Waals surface area contributed by atoms with Gasteiger partial charge >= 0.3 is 0 Å². The van der Waals surface area contributed by atoms with E-state index in [4.69, 9.17) is 9.47 Å². The Balaban J connectivity index is 1.91. The number of pyridine rings is 1. The smallest absolute Gasteiger partial charge is 0.145 e. The van der Waals surface area contributed by atoms with Gasteiger partial charge in [0.1, 0.15) is 17.0 Å². The van der Waals surface area contributed by atoms with Crippen molar-refractivity contribution < 1.29 is 9.47 Å². The van der Waals surface area contributed by atoms with Gasteiger partial charge in [0.05, 0.1) is 26.1 Å². The number of fused-ring (bicyclic) bond motifs is 1. The van der Waals surface area contributed by atoms with Gasteiger partial charge in [0.25, 0.3) is 0 Å². The number of para-hydroxylation sites is 1. The lowest BCUT2D eigenvalue weighted by Gasteiger charge is -2.10. The molecule has 0 unspecified atom stereocenters. The molecule has 0 aliphatic carbocycles. The molecule has 3 rings (SSSR count). The highest BCUT2D eigenvalue weighted by molar-refractivity contribution is 5.95. The van der Waals surface area contributed by atoms with Crippen molar-refractivity contribution in [1.82, 2.24) is 4.98 Å². The van der Waals surface area contributed by atoms with E-state index in [1.54, 1.807) is 20.4 Å². The normalized spacial score (nSPS) is 11.0. The minimum absolute atomic E-state index is 0.746. The van der Waals surface area contributed by atoms with Crippen LogP contribution in [0.2, 0.25) is 0 Å². The molecule has 0 fully saturated rings. The third-order valence-corrected chi connectivity index (χ3v) is 3.64. The van der Waals surface area contributed by atoms with Crippen LogP contribution in [-0.2, 0) is 0 Å². The number of hydrogen-bond acceptors (Lipinski definition) is 5. The predicted octanol–water partition coefficient (Wildman–Crippen LogP) is 4.01. The van der Waals surface area contributed by atoms with Crippen molar-refractivity contribution in [3.8, 4) is 11.5 Å². The Bertz CT molecular complexity index is 891. The largest absolute Gasteiger partial charge is 0.497 e. The number of anilines is 1. The monoisotopic (exact) mass is 321 g/mol. The Morgan fingerprint density at radius 2 is 1.88 bits per heavy atom. The number of aromatic nitrogens is 1. The summed E-state index contributed by atoms with van der Waals surface area (Å²) < 4.78 is 10.6. The van der Waals surface area contributed by atoms with E-state index < -0.39 is 0 Å². The molecule has 1 N–H and O–H groups in total. The van der Waals surface area contributed by atoms with Gasteiger partial charge in [0.15, 0.2) is 0 Å². The second-order valence-electron chi connectivity index (χ2n) is 5.31. The van der Waals surface area contributed by atoms with E-state index in [9.17, 15) is 0 Å². The number of nitrogens with one attached hydrogen (secondary N) is 1. The third-order valence-electron chi connectivity index (χ3n) is 3.64. The van der Waals surface area contributed by atoms with Crippen molar-refractivity contribution in [2.45, 2.75) is 6.92 Å². The number of hydrogen-bond donors (Lipinski definition) is 1. The molecule has 0 aliphatic rings. The van der Waals surface area contributed by atoms with Crippen LogP contribution in [0, 0.1) is 6.92 Å². The van der Waals surface area contributed by atoms with Gasteiger partial charge in [0, 0.05) is 11.1 Å². The van der Waals surface area contributed by atoms with E-state index in [2.05, 4.69) is 15.5 Å². The average Bonchev–Trinajstić information content (AvgIpc) is 2.61. The van der Waals surface area contributed by atoms with Crippen LogP contribution in [0.5, 0.6) is 11.5 Å². The maximum atomic E-state index is 5.39. The van der Waals surface area contributed by atoms with Crippen LogP contribution in [0.15, 0.2) is 53.6 Å². The predicted molar refractivity (Wildman–Crippen MR) is 97.2 cm³/mol. The van der Waals surface area contributed by atoms with Gasteiger partial charge in [-0.2, -0.15) is 5.10 Å². The Hall–Kier alpha value is -3.08. The van der Waals surface area contributed by atoms with Crippen LogP contribution in [0.1, 0.15) is 11.3 Å². The van der Waals surface area contributed by atoms with Crippen molar-refractivity contribution in [2.75, 3.05) is 19.6 Å². The molecule has 0 aliphatic heterocycles. The molecule has 5 heteroatoms. The first-order chi connectivity index (χ1) is 11.7. The first-order valence-corrected chi connectivity index (χ1v) is 7.59. The van der Waals surface area contributed by atoms with Gasteiger partial charge in [-0.25, -0.2) is 4.98 Å². The van der Waals surface area contributed by atoms with Crippen molar-refractivity contribution in [2.24, 2.45) is 5.10 Å². The Kier molecular flexibility index (Phi) is 4.61. The molecule has 0 bridgehead atoms. The molecular formula is C19H19N3O2. The molecule has 0 spiro atoms. The Labute approximate surface area is 140 Å². The highest BCUT2D eigenvalue weighted by Gasteiger charge is 2.07. The zero-order chi connectivity index (χ0) is 16.9. The molecule has 0 radical (unpaired) electrons. The van der Waals surface area contributed by atoms with E-state index in [1.165, 1.54) is 0 Å². The molecule has 1 heterocycles. The van der Waals surface area contributed by atoms with Crippen LogP contribution < -0.4 is 14.9 Å². The fraction of sp³-hybridized carbons (Fsp3) is 0.158. The van der Waals surface area contributed by atoms with Gasteiger partial charge in [-0.3, -0.25) is 5.43 Å². The summed E-state index contributed by atoms with van der Waals surface area (Å²) in [5, 5.41) is 5.30. The summed E-state index contributed by atoms with van der Waals surface area (Å²) in [6.45, 7) is 1.95. The van der Waals surface area contributed by atoms with E-state index >= 15 is 0 Å². The summed E-state index contributed by atoms with van der Waals surface area (Å²) in [6.07, 6.45) is 1.75. The Morgan fingerprint density at radius 3 is 2.67 bits per heavy atom. The molecule has 0 saturated heterocycles. The van der Waals surface area contributed by atoms with Gasteiger partial charge in [0.2, 0.25) is 0 Å². The average molecular weight is 321 g/mol. The summed E-state index contributed by atoms with van der Waals surface area (Å²) in [4.78, 5) is 4.56. The van der Waals surface area contributed by atoms with Gasteiger partial charge < -0.3 is 9.47 Å². The topological polar surface area (TPSA) is 55.7 Å². The summed E-state index contributed by atoms with van der Waals surface area (Å²) in [5.41, 5.74) is 6.65. The number of aryl methyl sites for hydroxylation is 1. The molecule has 1 aromatic heterocycles. The first-order valence-electron chi connectivity index (χ1n) is 7.59. The van der Waals surface area contributed by atoms with Crippen molar-refractivity contribution in [1.29, 1.82) is 0 Å². The zero-order valence-corrected chi connectivity index (χ0v) is 13.9. The molecule has 3 aromatic rings. The Morgan fingerprint density at radius 1 is 1.04 bits per heavy atom. The first kappa shape index (κ1) is 15.8. The maximum Gasteiger partial charge on any atom is 0.145 e. The molecular weight excluding hydrogens is 302 g/mol. The van der Waals surface area contributed by atoms with E-state index in [0.717, 1.165) is 39.3 Å². The van der Waals surface area contributed by atoms with Crippen LogP contribution in [-0.4, -0.2) is 25.4 Å². The summed E-state index contributed by atoms with van der Waals surface area (Å²) >= 11 is 0. The number of rotatable bonds is 5. The molecule has 0 amide bonds. The molecule has 0 saturated carbocycles. The summed E-state index contributed by atoms with van der Waals surface area (Å²) in [7, 11) is 3.29. The van der Waals surface area contributed by atoms with Gasteiger partial charge in [-0.15, -0.1) is 0 Å². The molecule has 2 aromatic carbocycles. The lowest BCUT2D eigenvalue weighted by molar-refractivity contribution is 0.415. The van der Waals surface area contributed by atoms with Crippen molar-refractivity contribution in [3.05, 3.63) is 59.8 Å². The van der Waals surface area contributed by atoms with Crippen LogP contribution >= 0.6 is 0 Å². The quantitative estimate of drug-likeness (QED) is 0.570. The third kappa shape index (κ3) is 3.30. The molecule has 0 atom stereocenters. The summed E-state index contributed by atoms with van der Waals surface area (Å²) in [5.74, 6) is 1.55. The van der Waals surface area contributed by atoms with E-state index in [-0.39, 0.29) is 0 Å². The van der Waals surface area contributed by atoms with E-state index in [1.807, 2.05) is 55.5 Å². The highest BCUT2D eigenvalue weighted by atomic mass is 16.5. The summed E-state index contributed by atoms with van der Waals surface area (Å²) in [6, 6.07) is 15.5. The highest BCUT2D eigenvalue weighted by Crippen LogP contribution is 2.29. The SMILES string of the molecule is COc1cccc(/C=N/Nc2cc(C)nc3c(OC)cccc23)c1. The number of nitrogens with zero attached hydrogens (tertiary/aromatic N) is 2. The lowest BCUT2D eigenvalue weighted by Crippen LogP contribution is -1.96. The van der Waals surface area contributed by atoms with Crippen LogP contribution in [0.3, 0.4) is 0 Å². The number of ether oxygens (including phenoxy) is 2. The minimum Gasteiger partial charge on any atom is -0.497 e. The molecule has 122 valence electrons. The molecule has 24 heavy (non-hydrogen) atoms. The fourth-order valence-corrected chi connectivity index (χ4v) is 2.51. The number of hydrazone groups is 1. The fourth-order valence-electron chi connectivity index (χ4n) is 2.51. The van der Waals surface area contributed by atoms with Crippen molar-refractivity contribution in [3.63, 3.8) is 0 Å². The zero-order valence-electron chi connectivity index (χ0n) is 13.9. The number of benzene rings is 2. The van der Waals surface area contributed by atoms with Gasteiger partial charge in [-0.1, -0.05) is 24.3 Å². The minimum atomic E-state index is 0.746.